The predicted molar refractivity (Wildman–Crippen MR) is 12.0 cm³/mol. The van der Waals surface area contributed by atoms with Crippen LogP contribution in [-0.2, 0) is 24.0 Å². The molecular formula is C2H2O2Ti. The summed E-state index contributed by atoms with van der Waals surface area (Å²) in [7, 11) is 0. The molecule has 0 aliphatic rings. The first kappa shape index (κ1) is 4.96. The molecule has 0 fully saturated rings. The van der Waals surface area contributed by atoms with Crippen molar-refractivity contribution in [1.82, 2.24) is 0 Å². The van der Waals surface area contributed by atoms with Gasteiger partial charge in [0.25, 0.3) is 0 Å². The van der Waals surface area contributed by atoms with Crippen LogP contribution in [0, 0.1) is 0 Å². The number of hydrogen-bond acceptors (Lipinski definition) is 2. The van der Waals surface area contributed by atoms with Crippen LogP contribution in [0.5, 0.6) is 0 Å². The predicted octanol–water partition coefficient (Wildman–Crippen LogP) is -0.117. The standard InChI is InChI=1S/C2H2.2O.Ti/c1-2;;;/h1H2;;;. The van der Waals surface area contributed by atoms with Crippen molar-refractivity contribution in [1.29, 1.82) is 0 Å². The van der Waals surface area contributed by atoms with E-state index in [2.05, 4.69) is 6.58 Å². The zero-order valence-electron chi connectivity index (χ0n) is 2.52. The summed E-state index contributed by atoms with van der Waals surface area (Å²) in [6, 6.07) is 0. The van der Waals surface area contributed by atoms with E-state index in [0.29, 0.717) is 0 Å². The van der Waals surface area contributed by atoms with E-state index in [0.717, 1.165) is 0 Å². The summed E-state index contributed by atoms with van der Waals surface area (Å²) in [6.45, 7) is 2.88. The summed E-state index contributed by atoms with van der Waals surface area (Å²) in [4.78, 5) is 0. The van der Waals surface area contributed by atoms with Crippen molar-refractivity contribution in [3.63, 3.8) is 0 Å². The van der Waals surface area contributed by atoms with Crippen LogP contribution in [0.25, 0.3) is 0 Å². The van der Waals surface area contributed by atoms with Crippen molar-refractivity contribution in [2.45, 2.75) is 0 Å². The second-order valence-electron chi connectivity index (χ2n) is 0.464. The topological polar surface area (TPSA) is 34.1 Å². The molecule has 26 valence electrons. The third kappa shape index (κ3) is 3.96. The van der Waals surface area contributed by atoms with Crippen molar-refractivity contribution < 1.29 is 24.0 Å². The van der Waals surface area contributed by atoms with Gasteiger partial charge in [0.2, 0.25) is 0 Å². The quantitative estimate of drug-likeness (QED) is 0.403. The van der Waals surface area contributed by atoms with Crippen molar-refractivity contribution in [2.24, 2.45) is 0 Å². The third-order valence-electron chi connectivity index (χ3n) is 0.144. The van der Waals surface area contributed by atoms with Crippen molar-refractivity contribution >= 4 is 3.97 Å². The fourth-order valence-corrected chi connectivity index (χ4v) is 0. The molecule has 0 aromatic rings. The molecule has 0 N–H and O–H groups in total. The minimum atomic E-state index is -3.22. The molecule has 0 aromatic carbocycles. The molecule has 0 aromatic heterocycles. The van der Waals surface area contributed by atoms with Gasteiger partial charge in [0, 0.05) is 0 Å². The van der Waals surface area contributed by atoms with Gasteiger partial charge in [0.05, 0.1) is 0 Å². The van der Waals surface area contributed by atoms with Crippen molar-refractivity contribution in [3.8, 4) is 0 Å². The van der Waals surface area contributed by atoms with Crippen LogP contribution in [0.4, 0.5) is 0 Å². The van der Waals surface area contributed by atoms with E-state index in [-0.39, 0.29) is 0 Å². The Morgan fingerprint density at radius 2 is 1.80 bits per heavy atom. The Bertz CT molecular complexity index is 138. The molecule has 3 heteroatoms. The SMILES string of the molecule is C=[C]=[Ti](=[O])=[O]. The van der Waals surface area contributed by atoms with E-state index < -0.39 is 17.3 Å². The second-order valence-corrected chi connectivity index (χ2v) is 1.91. The number of hydrogen-bond donors (Lipinski definition) is 0. The first-order valence-corrected chi connectivity index (χ1v) is 3.07. The number of rotatable bonds is 0. The van der Waals surface area contributed by atoms with Crippen molar-refractivity contribution in [3.05, 3.63) is 6.58 Å². The third-order valence-corrected chi connectivity index (χ3v) is 0.595. The fraction of sp³-hybridized carbons (Fsp3) is 0. The van der Waals surface area contributed by atoms with Gasteiger partial charge in [-0.15, -0.1) is 0 Å². The molecule has 5 heavy (non-hydrogen) atoms. The Kier molecular flexibility index (Phi) is 2.20. The normalized spacial score (nSPS) is 3.80. The van der Waals surface area contributed by atoms with Gasteiger partial charge in [0.1, 0.15) is 0 Å². The first-order valence-electron chi connectivity index (χ1n) is 1.01. The Labute approximate surface area is 35.1 Å². The van der Waals surface area contributed by atoms with Crippen LogP contribution >= 0.6 is 0 Å². The Balaban J connectivity index is 5.08. The molecule has 0 aliphatic heterocycles. The first-order chi connectivity index (χ1) is 2.27. The van der Waals surface area contributed by atoms with Crippen LogP contribution in [0.2, 0.25) is 0 Å². The van der Waals surface area contributed by atoms with Crippen LogP contribution in [-0.4, -0.2) is 3.97 Å². The molecule has 2 nitrogen and oxygen atoms in total. The van der Waals surface area contributed by atoms with Gasteiger partial charge >= 0.3 is 34.5 Å². The molecule has 0 saturated carbocycles. The van der Waals surface area contributed by atoms with Gasteiger partial charge in [-0.2, -0.15) is 0 Å². The fourth-order valence-electron chi connectivity index (χ4n) is 0. The van der Waals surface area contributed by atoms with Gasteiger partial charge < -0.3 is 0 Å². The van der Waals surface area contributed by atoms with Crippen LogP contribution in [0.1, 0.15) is 0 Å². The van der Waals surface area contributed by atoms with Gasteiger partial charge in [0.15, 0.2) is 0 Å². The zero-order valence-corrected chi connectivity index (χ0v) is 4.09. The summed E-state index contributed by atoms with van der Waals surface area (Å²) < 4.78 is 20.5. The Morgan fingerprint density at radius 1 is 1.60 bits per heavy atom. The van der Waals surface area contributed by atoms with E-state index >= 15 is 0 Å². The summed E-state index contributed by atoms with van der Waals surface area (Å²) in [6.07, 6.45) is 0. The monoisotopic (exact) mass is 106 g/mol. The Morgan fingerprint density at radius 3 is 1.80 bits per heavy atom. The molecule has 0 heterocycles. The average Bonchev–Trinajstić information content (AvgIpc) is 1.38. The zero-order chi connectivity index (χ0) is 4.28. The van der Waals surface area contributed by atoms with Crippen LogP contribution in [0.3, 0.4) is 0 Å². The van der Waals surface area contributed by atoms with Gasteiger partial charge in [-0.3, -0.25) is 0 Å². The van der Waals surface area contributed by atoms with E-state index in [9.17, 15) is 6.65 Å². The molecule has 0 saturated heterocycles. The molecule has 0 amide bonds. The van der Waals surface area contributed by atoms with Gasteiger partial charge in [-0.05, 0) is 0 Å². The van der Waals surface area contributed by atoms with Crippen LogP contribution < -0.4 is 0 Å². The summed E-state index contributed by atoms with van der Waals surface area (Å²) in [5.74, 6) is 0. The van der Waals surface area contributed by atoms with E-state index in [4.69, 9.17) is 0 Å². The molecule has 0 rings (SSSR count). The minimum absolute atomic E-state index is 1.83. The second kappa shape index (κ2) is 2.22. The summed E-state index contributed by atoms with van der Waals surface area (Å²) >= 11 is -3.22. The van der Waals surface area contributed by atoms with Crippen molar-refractivity contribution in [2.75, 3.05) is 0 Å². The molecular weight excluding hydrogens is 104 g/mol. The molecule has 0 aliphatic carbocycles. The summed E-state index contributed by atoms with van der Waals surface area (Å²) in [5, 5.41) is 0. The average molecular weight is 106 g/mol. The maximum absolute atomic E-state index is 9.33. The molecule has 0 unspecified atom stereocenters. The summed E-state index contributed by atoms with van der Waals surface area (Å²) in [5.41, 5.74) is 0. The van der Waals surface area contributed by atoms with E-state index in [1.54, 1.807) is 0 Å². The van der Waals surface area contributed by atoms with Gasteiger partial charge in [-0.25, -0.2) is 0 Å². The molecule has 0 spiro atoms. The maximum atomic E-state index is 9.33. The molecule has 0 bridgehead atoms. The molecule has 0 radical (unpaired) electrons. The Hall–Kier alpha value is -0.0357. The van der Waals surface area contributed by atoms with Crippen LogP contribution in [0.15, 0.2) is 6.58 Å². The van der Waals surface area contributed by atoms with Gasteiger partial charge in [-0.1, -0.05) is 0 Å². The van der Waals surface area contributed by atoms with E-state index in [1.165, 1.54) is 0 Å². The molecule has 0 atom stereocenters. The van der Waals surface area contributed by atoms with E-state index in [1.807, 2.05) is 3.97 Å².